The van der Waals surface area contributed by atoms with Gasteiger partial charge in [0.25, 0.3) is 0 Å². The summed E-state index contributed by atoms with van der Waals surface area (Å²) in [6.07, 6.45) is 3.78. The number of benzene rings is 1. The standard InChI is InChI=1S/C17H28N2/c1-13(2)11-15-6-8-16(9-7-15)17(12-18)19-10-4-5-14(19)3/h6-9,13-14,17H,4-5,10-12,18H2,1-3H3. The molecule has 0 aliphatic carbocycles. The van der Waals surface area contributed by atoms with Gasteiger partial charge in [-0.25, -0.2) is 0 Å². The van der Waals surface area contributed by atoms with E-state index < -0.39 is 0 Å². The van der Waals surface area contributed by atoms with E-state index in [2.05, 4.69) is 49.9 Å². The highest BCUT2D eigenvalue weighted by Gasteiger charge is 2.27. The summed E-state index contributed by atoms with van der Waals surface area (Å²) in [6, 6.07) is 10.2. The van der Waals surface area contributed by atoms with E-state index in [1.165, 1.54) is 30.5 Å². The lowest BCUT2D eigenvalue weighted by atomic mass is 9.98. The van der Waals surface area contributed by atoms with Gasteiger partial charge in [0.15, 0.2) is 0 Å². The number of nitrogens with two attached hydrogens (primary N) is 1. The minimum atomic E-state index is 0.394. The smallest absolute Gasteiger partial charge is 0.0473 e. The second-order valence-electron chi connectivity index (χ2n) is 6.32. The summed E-state index contributed by atoms with van der Waals surface area (Å²) in [5, 5.41) is 0. The Morgan fingerprint density at radius 1 is 1.26 bits per heavy atom. The summed E-state index contributed by atoms with van der Waals surface area (Å²) in [7, 11) is 0. The molecular weight excluding hydrogens is 232 g/mol. The molecule has 19 heavy (non-hydrogen) atoms. The molecule has 0 amide bonds. The van der Waals surface area contributed by atoms with Gasteiger partial charge < -0.3 is 5.73 Å². The summed E-state index contributed by atoms with van der Waals surface area (Å²) >= 11 is 0. The van der Waals surface area contributed by atoms with Gasteiger partial charge in [-0.05, 0) is 49.8 Å². The molecule has 1 aliphatic heterocycles. The van der Waals surface area contributed by atoms with Gasteiger partial charge in [0, 0.05) is 18.6 Å². The molecule has 2 rings (SSSR count). The van der Waals surface area contributed by atoms with Crippen LogP contribution in [0.4, 0.5) is 0 Å². The Morgan fingerprint density at radius 2 is 1.95 bits per heavy atom. The van der Waals surface area contributed by atoms with E-state index in [1.807, 2.05) is 0 Å². The maximum Gasteiger partial charge on any atom is 0.0473 e. The van der Waals surface area contributed by atoms with Crippen LogP contribution in [0.5, 0.6) is 0 Å². The third-order valence-electron chi connectivity index (χ3n) is 4.24. The normalized spacial score (nSPS) is 22.1. The molecule has 2 N–H and O–H groups in total. The average Bonchev–Trinajstić information content (AvgIpc) is 2.78. The molecule has 1 aliphatic rings. The van der Waals surface area contributed by atoms with Gasteiger partial charge in [-0.3, -0.25) is 4.90 Å². The van der Waals surface area contributed by atoms with Crippen molar-refractivity contribution in [3.05, 3.63) is 35.4 Å². The van der Waals surface area contributed by atoms with E-state index in [0.29, 0.717) is 18.6 Å². The van der Waals surface area contributed by atoms with Crippen LogP contribution in [0.15, 0.2) is 24.3 Å². The number of hydrogen-bond donors (Lipinski definition) is 1. The molecule has 1 fully saturated rings. The molecule has 1 aromatic rings. The molecule has 2 heteroatoms. The van der Waals surface area contributed by atoms with Crippen molar-refractivity contribution >= 4 is 0 Å². The van der Waals surface area contributed by atoms with E-state index in [4.69, 9.17) is 5.73 Å². The Balaban J connectivity index is 2.10. The minimum Gasteiger partial charge on any atom is -0.329 e. The molecule has 2 atom stereocenters. The summed E-state index contributed by atoms with van der Waals surface area (Å²) < 4.78 is 0. The second kappa shape index (κ2) is 6.53. The summed E-state index contributed by atoms with van der Waals surface area (Å²) in [5.74, 6) is 0.717. The number of rotatable bonds is 5. The van der Waals surface area contributed by atoms with Gasteiger partial charge >= 0.3 is 0 Å². The first kappa shape index (κ1) is 14.5. The van der Waals surface area contributed by atoms with Crippen LogP contribution in [0.3, 0.4) is 0 Å². The van der Waals surface area contributed by atoms with Crippen molar-refractivity contribution < 1.29 is 0 Å². The van der Waals surface area contributed by atoms with Crippen LogP contribution >= 0.6 is 0 Å². The van der Waals surface area contributed by atoms with Crippen molar-refractivity contribution in [2.45, 2.75) is 52.1 Å². The van der Waals surface area contributed by atoms with Gasteiger partial charge in [0.2, 0.25) is 0 Å². The summed E-state index contributed by atoms with van der Waals surface area (Å²) in [6.45, 7) is 8.76. The van der Waals surface area contributed by atoms with E-state index in [0.717, 1.165) is 12.3 Å². The summed E-state index contributed by atoms with van der Waals surface area (Å²) in [4.78, 5) is 2.57. The zero-order valence-corrected chi connectivity index (χ0v) is 12.6. The Bertz CT molecular complexity index is 383. The predicted octanol–water partition coefficient (Wildman–Crippen LogP) is 3.37. The van der Waals surface area contributed by atoms with Crippen molar-refractivity contribution in [1.29, 1.82) is 0 Å². The van der Waals surface area contributed by atoms with Crippen LogP contribution in [-0.4, -0.2) is 24.0 Å². The Kier molecular flexibility index (Phi) is 5.00. The van der Waals surface area contributed by atoms with Gasteiger partial charge in [-0.15, -0.1) is 0 Å². The third kappa shape index (κ3) is 3.58. The van der Waals surface area contributed by atoms with Crippen LogP contribution in [0.1, 0.15) is 50.8 Å². The quantitative estimate of drug-likeness (QED) is 0.879. The maximum atomic E-state index is 6.02. The first-order chi connectivity index (χ1) is 9.11. The highest BCUT2D eigenvalue weighted by atomic mass is 15.2. The van der Waals surface area contributed by atoms with Crippen molar-refractivity contribution in [2.75, 3.05) is 13.1 Å². The summed E-state index contributed by atoms with van der Waals surface area (Å²) in [5.41, 5.74) is 8.84. The van der Waals surface area contributed by atoms with Gasteiger partial charge in [-0.2, -0.15) is 0 Å². The first-order valence-electron chi connectivity index (χ1n) is 7.66. The van der Waals surface area contributed by atoms with E-state index in [-0.39, 0.29) is 0 Å². The van der Waals surface area contributed by atoms with Crippen LogP contribution < -0.4 is 5.73 Å². The zero-order chi connectivity index (χ0) is 13.8. The van der Waals surface area contributed by atoms with Crippen LogP contribution in [0.25, 0.3) is 0 Å². The third-order valence-corrected chi connectivity index (χ3v) is 4.24. The van der Waals surface area contributed by atoms with Gasteiger partial charge in [0.1, 0.15) is 0 Å². The lowest BCUT2D eigenvalue weighted by Gasteiger charge is -2.31. The Labute approximate surface area is 118 Å². The molecular formula is C17H28N2. The molecule has 0 saturated carbocycles. The number of nitrogens with zero attached hydrogens (tertiary/aromatic N) is 1. The highest BCUT2D eigenvalue weighted by Crippen LogP contribution is 2.28. The molecule has 2 unspecified atom stereocenters. The second-order valence-corrected chi connectivity index (χ2v) is 6.32. The predicted molar refractivity (Wildman–Crippen MR) is 82.2 cm³/mol. The van der Waals surface area contributed by atoms with Crippen molar-refractivity contribution in [2.24, 2.45) is 11.7 Å². The molecule has 0 aromatic heterocycles. The fourth-order valence-electron chi connectivity index (χ4n) is 3.23. The van der Waals surface area contributed by atoms with Crippen LogP contribution in [-0.2, 0) is 6.42 Å². The molecule has 0 bridgehead atoms. The molecule has 106 valence electrons. The lowest BCUT2D eigenvalue weighted by molar-refractivity contribution is 0.195. The molecule has 2 nitrogen and oxygen atoms in total. The van der Waals surface area contributed by atoms with Crippen molar-refractivity contribution in [3.63, 3.8) is 0 Å². The Hall–Kier alpha value is -0.860. The number of hydrogen-bond acceptors (Lipinski definition) is 2. The fourth-order valence-corrected chi connectivity index (χ4v) is 3.23. The van der Waals surface area contributed by atoms with E-state index >= 15 is 0 Å². The SMILES string of the molecule is CC(C)Cc1ccc(C(CN)N2CCCC2C)cc1. The van der Waals surface area contributed by atoms with Crippen LogP contribution in [0.2, 0.25) is 0 Å². The van der Waals surface area contributed by atoms with Gasteiger partial charge in [0.05, 0.1) is 0 Å². The first-order valence-corrected chi connectivity index (χ1v) is 7.66. The zero-order valence-electron chi connectivity index (χ0n) is 12.6. The molecule has 0 radical (unpaired) electrons. The fraction of sp³-hybridized carbons (Fsp3) is 0.647. The molecule has 1 saturated heterocycles. The topological polar surface area (TPSA) is 29.3 Å². The highest BCUT2D eigenvalue weighted by molar-refractivity contribution is 5.26. The van der Waals surface area contributed by atoms with Crippen molar-refractivity contribution in [3.8, 4) is 0 Å². The van der Waals surface area contributed by atoms with Crippen LogP contribution in [0, 0.1) is 5.92 Å². The van der Waals surface area contributed by atoms with E-state index in [1.54, 1.807) is 0 Å². The Morgan fingerprint density at radius 3 is 2.42 bits per heavy atom. The largest absolute Gasteiger partial charge is 0.329 e. The molecule has 0 spiro atoms. The van der Waals surface area contributed by atoms with Gasteiger partial charge in [-0.1, -0.05) is 38.1 Å². The number of likely N-dealkylation sites (tertiary alicyclic amines) is 1. The lowest BCUT2D eigenvalue weighted by Crippen LogP contribution is -2.35. The molecule has 1 aromatic carbocycles. The molecule has 1 heterocycles. The average molecular weight is 260 g/mol. The monoisotopic (exact) mass is 260 g/mol. The minimum absolute atomic E-state index is 0.394. The van der Waals surface area contributed by atoms with Crippen molar-refractivity contribution in [1.82, 2.24) is 4.90 Å². The van der Waals surface area contributed by atoms with E-state index in [9.17, 15) is 0 Å². The maximum absolute atomic E-state index is 6.02.